The molecular formula is C15H18BrN3O3S. The summed E-state index contributed by atoms with van der Waals surface area (Å²) in [5.74, 6) is 0.830. The standard InChI is InChI=1S/C15H18BrN3O3S/c1-3-22-15(20)19-12-5-4-9(6-11(12)17)18-7-13-14(21-2)10(16)8-23-13/h4-6,8,18H,3,7,17H2,1-2H3,(H,19,20). The van der Waals surface area contributed by atoms with Crippen LogP contribution in [0.3, 0.4) is 0 Å². The van der Waals surface area contributed by atoms with Crippen molar-refractivity contribution in [2.45, 2.75) is 13.5 Å². The van der Waals surface area contributed by atoms with Crippen LogP contribution in [0.2, 0.25) is 0 Å². The summed E-state index contributed by atoms with van der Waals surface area (Å²) in [6.45, 7) is 2.67. The van der Waals surface area contributed by atoms with Gasteiger partial charge in [-0.15, -0.1) is 11.3 Å². The summed E-state index contributed by atoms with van der Waals surface area (Å²) in [6, 6.07) is 5.33. The molecular weight excluding hydrogens is 382 g/mol. The van der Waals surface area contributed by atoms with Gasteiger partial charge in [0, 0.05) is 11.1 Å². The number of halogens is 1. The van der Waals surface area contributed by atoms with Crippen molar-refractivity contribution in [1.82, 2.24) is 0 Å². The van der Waals surface area contributed by atoms with Gasteiger partial charge in [-0.2, -0.15) is 0 Å². The first-order valence-electron chi connectivity index (χ1n) is 6.92. The summed E-state index contributed by atoms with van der Waals surface area (Å²) in [7, 11) is 1.64. The number of nitrogen functional groups attached to an aromatic ring is 1. The van der Waals surface area contributed by atoms with Crippen molar-refractivity contribution in [3.8, 4) is 5.75 Å². The molecule has 0 aliphatic rings. The first-order valence-corrected chi connectivity index (χ1v) is 8.59. The molecule has 4 N–H and O–H groups in total. The predicted octanol–water partition coefficient (Wildman–Crippen LogP) is 4.28. The number of ether oxygens (including phenoxy) is 2. The lowest BCUT2D eigenvalue weighted by atomic mass is 10.2. The minimum atomic E-state index is -0.520. The number of hydrogen-bond acceptors (Lipinski definition) is 6. The molecule has 8 heteroatoms. The SMILES string of the molecule is CCOC(=O)Nc1ccc(NCc2scc(Br)c2OC)cc1N. The summed E-state index contributed by atoms with van der Waals surface area (Å²) in [5.41, 5.74) is 7.79. The number of rotatable bonds is 6. The lowest BCUT2D eigenvalue weighted by Crippen LogP contribution is -2.14. The van der Waals surface area contributed by atoms with E-state index in [2.05, 4.69) is 26.6 Å². The van der Waals surface area contributed by atoms with Gasteiger partial charge in [0.05, 0.1) is 41.0 Å². The Balaban J connectivity index is 2.01. The van der Waals surface area contributed by atoms with Crippen molar-refractivity contribution in [3.63, 3.8) is 0 Å². The second-order valence-electron chi connectivity index (χ2n) is 4.54. The molecule has 0 aliphatic carbocycles. The Morgan fingerprint density at radius 1 is 1.43 bits per heavy atom. The Morgan fingerprint density at radius 2 is 2.22 bits per heavy atom. The maximum absolute atomic E-state index is 11.4. The van der Waals surface area contributed by atoms with Crippen LogP contribution >= 0.6 is 27.3 Å². The van der Waals surface area contributed by atoms with E-state index in [0.717, 1.165) is 20.8 Å². The normalized spacial score (nSPS) is 10.2. The average Bonchev–Trinajstić information content (AvgIpc) is 2.88. The fraction of sp³-hybridized carbons (Fsp3) is 0.267. The minimum absolute atomic E-state index is 0.309. The van der Waals surface area contributed by atoms with E-state index in [0.29, 0.717) is 24.5 Å². The van der Waals surface area contributed by atoms with Crippen molar-refractivity contribution in [3.05, 3.63) is 32.9 Å². The van der Waals surface area contributed by atoms with Gasteiger partial charge >= 0.3 is 6.09 Å². The molecule has 1 aromatic heterocycles. The van der Waals surface area contributed by atoms with Crippen LogP contribution in [0.5, 0.6) is 5.75 Å². The molecule has 6 nitrogen and oxygen atoms in total. The van der Waals surface area contributed by atoms with Crippen LogP contribution in [0, 0.1) is 0 Å². The van der Waals surface area contributed by atoms with Crippen molar-refractivity contribution in [2.24, 2.45) is 0 Å². The molecule has 1 aromatic carbocycles. The summed E-state index contributed by atoms with van der Waals surface area (Å²) in [6.07, 6.45) is -0.520. The van der Waals surface area contributed by atoms with Gasteiger partial charge in [0.2, 0.25) is 0 Å². The topological polar surface area (TPSA) is 85.6 Å². The molecule has 1 heterocycles. The van der Waals surface area contributed by atoms with E-state index in [9.17, 15) is 4.79 Å². The molecule has 0 aliphatic heterocycles. The molecule has 0 saturated carbocycles. The maximum Gasteiger partial charge on any atom is 0.411 e. The molecule has 0 saturated heterocycles. The van der Waals surface area contributed by atoms with E-state index >= 15 is 0 Å². The van der Waals surface area contributed by atoms with Crippen molar-refractivity contribution in [2.75, 3.05) is 30.1 Å². The molecule has 0 fully saturated rings. The summed E-state index contributed by atoms with van der Waals surface area (Å²) >= 11 is 5.05. The number of thiophene rings is 1. The zero-order valence-electron chi connectivity index (χ0n) is 12.8. The van der Waals surface area contributed by atoms with Gasteiger partial charge in [-0.1, -0.05) is 0 Å². The molecule has 0 atom stereocenters. The van der Waals surface area contributed by atoms with E-state index in [1.807, 2.05) is 11.4 Å². The third-order valence-corrected chi connectivity index (χ3v) is 4.86. The molecule has 2 rings (SSSR count). The van der Waals surface area contributed by atoms with Crippen LogP contribution in [0.4, 0.5) is 21.9 Å². The molecule has 0 radical (unpaired) electrons. The van der Waals surface area contributed by atoms with Crippen LogP contribution in [-0.2, 0) is 11.3 Å². The quantitative estimate of drug-likeness (QED) is 0.631. The van der Waals surface area contributed by atoms with Gasteiger partial charge in [0.15, 0.2) is 0 Å². The lowest BCUT2D eigenvalue weighted by Gasteiger charge is -2.11. The fourth-order valence-corrected chi connectivity index (χ4v) is 3.56. The van der Waals surface area contributed by atoms with E-state index in [1.165, 1.54) is 0 Å². The third-order valence-electron chi connectivity index (χ3n) is 3.00. The Labute approximate surface area is 147 Å². The minimum Gasteiger partial charge on any atom is -0.494 e. The number of carbonyl (C=O) groups is 1. The van der Waals surface area contributed by atoms with Gasteiger partial charge in [0.25, 0.3) is 0 Å². The zero-order chi connectivity index (χ0) is 16.8. The van der Waals surface area contributed by atoms with E-state index in [4.69, 9.17) is 15.2 Å². The van der Waals surface area contributed by atoms with Gasteiger partial charge < -0.3 is 20.5 Å². The highest BCUT2D eigenvalue weighted by Gasteiger charge is 2.11. The molecule has 0 bridgehead atoms. The molecule has 0 spiro atoms. The first-order chi connectivity index (χ1) is 11.0. The van der Waals surface area contributed by atoms with Crippen molar-refractivity contribution in [1.29, 1.82) is 0 Å². The highest BCUT2D eigenvalue weighted by atomic mass is 79.9. The summed E-state index contributed by atoms with van der Waals surface area (Å²) in [5, 5.41) is 7.86. The molecule has 0 unspecified atom stereocenters. The van der Waals surface area contributed by atoms with Crippen LogP contribution in [0.15, 0.2) is 28.1 Å². The number of amides is 1. The van der Waals surface area contributed by atoms with E-state index in [1.54, 1.807) is 37.5 Å². The van der Waals surface area contributed by atoms with E-state index < -0.39 is 6.09 Å². The third kappa shape index (κ3) is 4.52. The molecule has 23 heavy (non-hydrogen) atoms. The monoisotopic (exact) mass is 399 g/mol. The van der Waals surface area contributed by atoms with Crippen LogP contribution < -0.4 is 21.1 Å². The van der Waals surface area contributed by atoms with Crippen LogP contribution in [0.1, 0.15) is 11.8 Å². The summed E-state index contributed by atoms with van der Waals surface area (Å²) < 4.78 is 11.1. The number of methoxy groups -OCH3 is 1. The number of nitrogens with one attached hydrogen (secondary N) is 2. The van der Waals surface area contributed by atoms with Crippen LogP contribution in [0.25, 0.3) is 0 Å². The highest BCUT2D eigenvalue weighted by molar-refractivity contribution is 9.10. The Morgan fingerprint density at radius 3 is 2.87 bits per heavy atom. The maximum atomic E-state index is 11.4. The van der Waals surface area contributed by atoms with Gasteiger partial charge in [0.1, 0.15) is 5.75 Å². The predicted molar refractivity (Wildman–Crippen MR) is 97.4 cm³/mol. The summed E-state index contributed by atoms with van der Waals surface area (Å²) in [4.78, 5) is 12.5. The number of benzene rings is 1. The second kappa shape index (κ2) is 8.07. The van der Waals surface area contributed by atoms with Crippen LogP contribution in [-0.4, -0.2) is 19.8 Å². The van der Waals surface area contributed by atoms with E-state index in [-0.39, 0.29) is 0 Å². The number of hydrogen-bond donors (Lipinski definition) is 3. The largest absolute Gasteiger partial charge is 0.494 e. The Bertz CT molecular complexity index is 691. The second-order valence-corrected chi connectivity index (χ2v) is 6.36. The fourth-order valence-electron chi connectivity index (χ4n) is 1.94. The Hall–Kier alpha value is -1.93. The smallest absolute Gasteiger partial charge is 0.411 e. The number of nitrogens with two attached hydrogens (primary N) is 1. The first kappa shape index (κ1) is 17.4. The van der Waals surface area contributed by atoms with Gasteiger partial charge in [-0.25, -0.2) is 4.79 Å². The van der Waals surface area contributed by atoms with Gasteiger partial charge in [-0.05, 0) is 41.1 Å². The Kier molecular flexibility index (Phi) is 6.12. The molecule has 1 amide bonds. The lowest BCUT2D eigenvalue weighted by molar-refractivity contribution is 0.168. The van der Waals surface area contributed by atoms with Gasteiger partial charge in [-0.3, -0.25) is 5.32 Å². The zero-order valence-corrected chi connectivity index (χ0v) is 15.2. The highest BCUT2D eigenvalue weighted by Crippen LogP contribution is 2.35. The molecule has 2 aromatic rings. The molecule has 124 valence electrons. The van der Waals surface area contributed by atoms with Crippen molar-refractivity contribution >= 4 is 50.4 Å². The average molecular weight is 400 g/mol. The number of carbonyl (C=O) groups excluding carboxylic acids is 1. The number of anilines is 3. The van der Waals surface area contributed by atoms with Crippen molar-refractivity contribution < 1.29 is 14.3 Å².